The molecule has 0 spiro atoms. The average molecular weight is 391 g/mol. The van der Waals surface area contributed by atoms with Crippen LogP contribution in [0.2, 0.25) is 0 Å². The van der Waals surface area contributed by atoms with Crippen molar-refractivity contribution in [3.05, 3.63) is 106 Å². The molecule has 0 radical (unpaired) electrons. The molecule has 0 bridgehead atoms. The fourth-order valence-corrected chi connectivity index (χ4v) is 2.81. The quantitative estimate of drug-likeness (QED) is 0.338. The second kappa shape index (κ2) is 8.32. The molecule has 3 N–H and O–H groups in total. The maximum absolute atomic E-state index is 12.9. The first kappa shape index (κ1) is 19.7. The third kappa shape index (κ3) is 4.12. The fourth-order valence-electron chi connectivity index (χ4n) is 2.81. The molecule has 0 atom stereocenters. The lowest BCUT2D eigenvalue weighted by atomic mass is 9.85. The Bertz CT molecular complexity index is 1010. The van der Waals surface area contributed by atoms with Gasteiger partial charge in [0.2, 0.25) is 0 Å². The van der Waals surface area contributed by atoms with Crippen molar-refractivity contribution in [1.82, 2.24) is 5.43 Å². The van der Waals surface area contributed by atoms with E-state index in [0.717, 1.165) is 12.1 Å². The molecular weight excluding hydrogens is 374 g/mol. The van der Waals surface area contributed by atoms with E-state index < -0.39 is 27.9 Å². The van der Waals surface area contributed by atoms with Gasteiger partial charge in [0, 0.05) is 6.07 Å². The molecule has 29 heavy (non-hydrogen) atoms. The molecule has 0 saturated heterocycles. The summed E-state index contributed by atoms with van der Waals surface area (Å²) in [6.07, 6.45) is 1.21. The molecule has 0 heterocycles. The highest BCUT2D eigenvalue weighted by atomic mass is 16.6. The minimum absolute atomic E-state index is 0.330. The average Bonchev–Trinajstić information content (AvgIpc) is 2.74. The Balaban J connectivity index is 1.86. The molecular formula is C21H17N3O5. The van der Waals surface area contributed by atoms with Crippen LogP contribution in [0.15, 0.2) is 84.0 Å². The fraction of sp³-hybridized carbons (Fsp3) is 0.0476. The first-order valence-electron chi connectivity index (χ1n) is 8.57. The van der Waals surface area contributed by atoms with Gasteiger partial charge >= 0.3 is 5.69 Å². The predicted octanol–water partition coefficient (Wildman–Crippen LogP) is 2.69. The van der Waals surface area contributed by atoms with Gasteiger partial charge in [-0.2, -0.15) is 5.10 Å². The van der Waals surface area contributed by atoms with Gasteiger partial charge in [-0.15, -0.1) is 0 Å². The number of carbonyl (C=O) groups is 1. The van der Waals surface area contributed by atoms with Crippen molar-refractivity contribution in [2.75, 3.05) is 0 Å². The van der Waals surface area contributed by atoms with E-state index >= 15 is 0 Å². The molecule has 0 aliphatic rings. The van der Waals surface area contributed by atoms with Crippen LogP contribution in [0.3, 0.4) is 0 Å². The number of hydrogen-bond donors (Lipinski definition) is 3. The van der Waals surface area contributed by atoms with E-state index in [9.17, 15) is 25.1 Å². The third-order valence-electron chi connectivity index (χ3n) is 4.29. The van der Waals surface area contributed by atoms with E-state index in [1.807, 2.05) is 0 Å². The van der Waals surface area contributed by atoms with Crippen molar-refractivity contribution in [2.45, 2.75) is 5.60 Å². The number of carbonyl (C=O) groups excluding carboxylic acids is 1. The van der Waals surface area contributed by atoms with Gasteiger partial charge < -0.3 is 10.2 Å². The summed E-state index contributed by atoms with van der Waals surface area (Å²) in [5.74, 6) is -1.30. The molecule has 0 aliphatic heterocycles. The minimum Gasteiger partial charge on any atom is -0.502 e. The third-order valence-corrected chi connectivity index (χ3v) is 4.29. The number of phenolic OH excluding ortho intramolecular Hbond substituents is 1. The Morgan fingerprint density at radius 1 is 1.00 bits per heavy atom. The van der Waals surface area contributed by atoms with Gasteiger partial charge in [0.05, 0.1) is 11.1 Å². The van der Waals surface area contributed by atoms with Gasteiger partial charge in [0.15, 0.2) is 11.4 Å². The highest BCUT2D eigenvalue weighted by molar-refractivity contribution is 5.91. The summed E-state index contributed by atoms with van der Waals surface area (Å²) in [6, 6.07) is 20.5. The van der Waals surface area contributed by atoms with Crippen molar-refractivity contribution in [3.8, 4) is 5.75 Å². The van der Waals surface area contributed by atoms with Crippen molar-refractivity contribution < 1.29 is 19.9 Å². The van der Waals surface area contributed by atoms with E-state index in [2.05, 4.69) is 10.5 Å². The summed E-state index contributed by atoms with van der Waals surface area (Å²) in [7, 11) is 0. The van der Waals surface area contributed by atoms with Crippen LogP contribution in [0, 0.1) is 10.1 Å². The molecule has 0 aliphatic carbocycles. The molecule has 0 unspecified atom stereocenters. The number of nitro benzene ring substituents is 1. The summed E-state index contributed by atoms with van der Waals surface area (Å²) in [4.78, 5) is 22.9. The van der Waals surface area contributed by atoms with Crippen molar-refractivity contribution >= 4 is 17.8 Å². The van der Waals surface area contributed by atoms with Crippen LogP contribution < -0.4 is 5.43 Å². The van der Waals surface area contributed by atoms with E-state index in [-0.39, 0.29) is 0 Å². The Kier molecular flexibility index (Phi) is 5.66. The highest BCUT2D eigenvalue weighted by Gasteiger charge is 2.39. The number of hydrazone groups is 1. The van der Waals surface area contributed by atoms with Gasteiger partial charge in [0.25, 0.3) is 5.91 Å². The molecule has 0 aromatic heterocycles. The number of amides is 1. The van der Waals surface area contributed by atoms with Crippen molar-refractivity contribution in [1.29, 1.82) is 0 Å². The number of phenols is 1. The number of hydrogen-bond acceptors (Lipinski definition) is 6. The molecule has 0 saturated carbocycles. The lowest BCUT2D eigenvalue weighted by molar-refractivity contribution is -0.385. The van der Waals surface area contributed by atoms with E-state index in [1.54, 1.807) is 60.7 Å². The van der Waals surface area contributed by atoms with Crippen LogP contribution in [0.4, 0.5) is 5.69 Å². The number of aliphatic hydroxyl groups is 1. The Morgan fingerprint density at radius 3 is 2.03 bits per heavy atom. The second-order valence-corrected chi connectivity index (χ2v) is 6.15. The normalized spacial score (nSPS) is 11.3. The highest BCUT2D eigenvalue weighted by Crippen LogP contribution is 2.30. The Hall–Kier alpha value is -4.04. The van der Waals surface area contributed by atoms with Crippen LogP contribution in [-0.4, -0.2) is 27.3 Å². The summed E-state index contributed by atoms with van der Waals surface area (Å²) in [5.41, 5.74) is 0.944. The summed E-state index contributed by atoms with van der Waals surface area (Å²) >= 11 is 0. The van der Waals surface area contributed by atoms with Crippen LogP contribution in [0.5, 0.6) is 5.75 Å². The van der Waals surface area contributed by atoms with E-state index in [4.69, 9.17) is 0 Å². The topological polar surface area (TPSA) is 125 Å². The Labute approximate surface area is 165 Å². The van der Waals surface area contributed by atoms with Crippen LogP contribution in [0.1, 0.15) is 16.7 Å². The van der Waals surface area contributed by atoms with Crippen LogP contribution >= 0.6 is 0 Å². The number of nitrogens with zero attached hydrogens (tertiary/aromatic N) is 2. The van der Waals surface area contributed by atoms with Gasteiger partial charge in [-0.1, -0.05) is 60.7 Å². The zero-order valence-corrected chi connectivity index (χ0v) is 15.1. The first-order chi connectivity index (χ1) is 13.9. The maximum atomic E-state index is 12.9. The summed E-state index contributed by atoms with van der Waals surface area (Å²) in [6.45, 7) is 0. The van der Waals surface area contributed by atoms with Crippen LogP contribution in [-0.2, 0) is 10.4 Å². The number of aromatic hydroxyl groups is 1. The Morgan fingerprint density at radius 2 is 1.55 bits per heavy atom. The van der Waals surface area contributed by atoms with E-state index in [1.165, 1.54) is 12.3 Å². The van der Waals surface area contributed by atoms with Gasteiger partial charge in [-0.3, -0.25) is 14.9 Å². The van der Waals surface area contributed by atoms with Gasteiger partial charge in [-0.25, -0.2) is 5.43 Å². The zero-order chi connectivity index (χ0) is 20.9. The number of rotatable bonds is 6. The summed E-state index contributed by atoms with van der Waals surface area (Å²) in [5, 5.41) is 35.5. The molecule has 8 heteroatoms. The van der Waals surface area contributed by atoms with Crippen molar-refractivity contribution in [2.24, 2.45) is 5.10 Å². The van der Waals surface area contributed by atoms with E-state index in [0.29, 0.717) is 16.7 Å². The number of nitro groups is 1. The smallest absolute Gasteiger partial charge is 0.310 e. The van der Waals surface area contributed by atoms with Gasteiger partial charge in [0.1, 0.15) is 0 Å². The molecule has 0 fully saturated rings. The lowest BCUT2D eigenvalue weighted by Crippen LogP contribution is -2.43. The zero-order valence-electron chi connectivity index (χ0n) is 15.1. The largest absolute Gasteiger partial charge is 0.502 e. The number of nitrogens with one attached hydrogen (secondary N) is 1. The monoisotopic (exact) mass is 391 g/mol. The molecule has 3 aromatic rings. The first-order valence-corrected chi connectivity index (χ1v) is 8.57. The maximum Gasteiger partial charge on any atom is 0.310 e. The molecule has 146 valence electrons. The SMILES string of the molecule is O=C(N/N=C\c1ccc([N+](=O)[O-])c(O)c1)C(O)(c1ccccc1)c1ccccc1. The predicted molar refractivity (Wildman–Crippen MR) is 106 cm³/mol. The summed E-state index contributed by atoms with van der Waals surface area (Å²) < 4.78 is 0. The van der Waals surface area contributed by atoms with Gasteiger partial charge in [-0.05, 0) is 28.8 Å². The molecule has 8 nitrogen and oxygen atoms in total. The molecule has 3 rings (SSSR count). The minimum atomic E-state index is -1.97. The second-order valence-electron chi connectivity index (χ2n) is 6.15. The van der Waals surface area contributed by atoms with Crippen LogP contribution in [0.25, 0.3) is 0 Å². The molecule has 1 amide bonds. The van der Waals surface area contributed by atoms with Crippen molar-refractivity contribution in [3.63, 3.8) is 0 Å². The standard InChI is InChI=1S/C21H17N3O5/c25-19-13-15(11-12-18(19)24(28)29)14-22-23-20(26)21(27,16-7-3-1-4-8-16)17-9-5-2-6-10-17/h1-14,25,27H,(H,23,26)/b22-14-. The lowest BCUT2D eigenvalue weighted by Gasteiger charge is -2.27. The molecule has 3 aromatic carbocycles. The number of benzene rings is 3.